The maximum Gasteiger partial charge on any atom is 0.396 e. The van der Waals surface area contributed by atoms with Crippen LogP contribution in [0.1, 0.15) is 18.9 Å². The molecule has 29 heavy (non-hydrogen) atoms. The SMILES string of the molecule is CCOC(=O)C(=O)N[C@H](Cc1ccc(-c2ccccc2)c(Cl)c1)C[C@@H](O)C(=O)O. The molecule has 0 aromatic heterocycles. The molecule has 0 aliphatic carbocycles. The van der Waals surface area contributed by atoms with E-state index in [1.54, 1.807) is 19.1 Å². The molecule has 0 bridgehead atoms. The van der Waals surface area contributed by atoms with Gasteiger partial charge in [0, 0.05) is 23.0 Å². The van der Waals surface area contributed by atoms with Crippen LogP contribution in [-0.2, 0) is 25.5 Å². The molecule has 0 aliphatic rings. The highest BCUT2D eigenvalue weighted by atomic mass is 35.5. The average molecular weight is 420 g/mol. The monoisotopic (exact) mass is 419 g/mol. The van der Waals surface area contributed by atoms with Gasteiger partial charge in [0.25, 0.3) is 0 Å². The molecule has 2 rings (SSSR count). The Morgan fingerprint density at radius 2 is 1.83 bits per heavy atom. The summed E-state index contributed by atoms with van der Waals surface area (Å²) < 4.78 is 4.64. The molecular formula is C21H22ClNO6. The van der Waals surface area contributed by atoms with E-state index in [0.29, 0.717) is 10.6 Å². The number of carbonyl (C=O) groups excluding carboxylic acids is 2. The third-order valence-corrected chi connectivity index (χ3v) is 4.50. The minimum Gasteiger partial charge on any atom is -0.479 e. The predicted molar refractivity (Wildman–Crippen MR) is 107 cm³/mol. The number of carbonyl (C=O) groups is 3. The van der Waals surface area contributed by atoms with E-state index in [4.69, 9.17) is 16.7 Å². The maximum absolute atomic E-state index is 12.0. The van der Waals surface area contributed by atoms with Crippen molar-refractivity contribution in [3.05, 3.63) is 59.1 Å². The van der Waals surface area contributed by atoms with Crippen molar-refractivity contribution in [3.63, 3.8) is 0 Å². The van der Waals surface area contributed by atoms with Gasteiger partial charge in [-0.2, -0.15) is 0 Å². The molecular weight excluding hydrogens is 398 g/mol. The van der Waals surface area contributed by atoms with Gasteiger partial charge < -0.3 is 20.3 Å². The fourth-order valence-electron chi connectivity index (χ4n) is 2.83. The number of ether oxygens (including phenoxy) is 1. The zero-order chi connectivity index (χ0) is 21.4. The lowest BCUT2D eigenvalue weighted by Gasteiger charge is -2.20. The molecule has 0 fully saturated rings. The van der Waals surface area contributed by atoms with Crippen LogP contribution >= 0.6 is 11.6 Å². The van der Waals surface area contributed by atoms with E-state index < -0.39 is 30.0 Å². The second-order valence-electron chi connectivity index (χ2n) is 6.36. The number of amides is 1. The summed E-state index contributed by atoms with van der Waals surface area (Å²) >= 11 is 6.40. The Morgan fingerprint density at radius 1 is 1.14 bits per heavy atom. The van der Waals surface area contributed by atoms with Crippen molar-refractivity contribution in [1.82, 2.24) is 5.32 Å². The van der Waals surface area contributed by atoms with E-state index in [0.717, 1.165) is 11.1 Å². The number of carboxylic acid groups (broad SMARTS) is 1. The molecule has 8 heteroatoms. The van der Waals surface area contributed by atoms with Crippen LogP contribution in [0, 0.1) is 0 Å². The van der Waals surface area contributed by atoms with Crippen LogP contribution in [0.3, 0.4) is 0 Å². The average Bonchev–Trinajstić information content (AvgIpc) is 2.68. The minimum atomic E-state index is -1.69. The normalized spacial score (nSPS) is 12.7. The molecule has 0 heterocycles. The van der Waals surface area contributed by atoms with Gasteiger partial charge >= 0.3 is 17.8 Å². The molecule has 0 unspecified atom stereocenters. The molecule has 0 spiro atoms. The van der Waals surface area contributed by atoms with Crippen molar-refractivity contribution in [2.75, 3.05) is 6.61 Å². The third kappa shape index (κ3) is 6.58. The quantitative estimate of drug-likeness (QED) is 0.447. The van der Waals surface area contributed by atoms with Crippen molar-refractivity contribution in [3.8, 4) is 11.1 Å². The Bertz CT molecular complexity index is 871. The Labute approximate surface area is 173 Å². The zero-order valence-corrected chi connectivity index (χ0v) is 16.6. The van der Waals surface area contributed by atoms with Gasteiger partial charge in [0.05, 0.1) is 6.61 Å². The summed E-state index contributed by atoms with van der Waals surface area (Å²) in [5.74, 6) is -3.49. The number of aliphatic carboxylic acids is 1. The summed E-state index contributed by atoms with van der Waals surface area (Å²) in [5.41, 5.74) is 2.48. The predicted octanol–water partition coefficient (Wildman–Crippen LogP) is 2.43. The van der Waals surface area contributed by atoms with Crippen molar-refractivity contribution >= 4 is 29.4 Å². The fraction of sp³-hybridized carbons (Fsp3) is 0.286. The number of aliphatic hydroxyl groups excluding tert-OH is 1. The van der Waals surface area contributed by atoms with E-state index in [1.165, 1.54) is 0 Å². The lowest BCUT2D eigenvalue weighted by Crippen LogP contribution is -2.44. The summed E-state index contributed by atoms with van der Waals surface area (Å²) in [4.78, 5) is 34.5. The van der Waals surface area contributed by atoms with Crippen LogP contribution in [-0.4, -0.2) is 46.8 Å². The summed E-state index contributed by atoms with van der Waals surface area (Å²) in [6.45, 7) is 1.60. The number of esters is 1. The number of hydrogen-bond donors (Lipinski definition) is 3. The summed E-state index contributed by atoms with van der Waals surface area (Å²) in [6.07, 6.45) is -1.80. The Hall–Kier alpha value is -2.90. The highest BCUT2D eigenvalue weighted by molar-refractivity contribution is 6.33. The first-order valence-corrected chi connectivity index (χ1v) is 9.42. The number of aliphatic hydroxyl groups is 1. The molecule has 154 valence electrons. The van der Waals surface area contributed by atoms with E-state index in [9.17, 15) is 19.5 Å². The zero-order valence-electron chi connectivity index (χ0n) is 15.8. The van der Waals surface area contributed by atoms with Gasteiger partial charge in [-0.1, -0.05) is 54.1 Å². The lowest BCUT2D eigenvalue weighted by atomic mass is 9.97. The molecule has 3 N–H and O–H groups in total. The van der Waals surface area contributed by atoms with Gasteiger partial charge in [-0.3, -0.25) is 4.79 Å². The molecule has 0 radical (unpaired) electrons. The van der Waals surface area contributed by atoms with Crippen LogP contribution in [0.4, 0.5) is 0 Å². The van der Waals surface area contributed by atoms with Crippen LogP contribution < -0.4 is 5.32 Å². The van der Waals surface area contributed by atoms with E-state index in [-0.39, 0.29) is 19.4 Å². The second kappa shape index (κ2) is 10.6. The van der Waals surface area contributed by atoms with Crippen LogP contribution in [0.5, 0.6) is 0 Å². The smallest absolute Gasteiger partial charge is 0.396 e. The molecule has 0 saturated heterocycles. The molecule has 1 amide bonds. The molecule has 2 atom stereocenters. The minimum absolute atomic E-state index is 0.0330. The molecule has 0 saturated carbocycles. The standard InChI is InChI=1S/C21H22ClNO6/c1-2-29-21(28)19(25)23-15(12-18(24)20(26)27)10-13-8-9-16(17(22)11-13)14-6-4-3-5-7-14/h3-9,11,15,18,24H,2,10,12H2,1H3,(H,23,25)(H,26,27)/t15-,18-/m1/s1. The van der Waals surface area contributed by atoms with E-state index in [2.05, 4.69) is 10.1 Å². The molecule has 7 nitrogen and oxygen atoms in total. The first-order valence-electron chi connectivity index (χ1n) is 9.04. The van der Waals surface area contributed by atoms with Crippen molar-refractivity contribution in [2.45, 2.75) is 31.9 Å². The van der Waals surface area contributed by atoms with Crippen LogP contribution in [0.2, 0.25) is 5.02 Å². The highest BCUT2D eigenvalue weighted by Gasteiger charge is 2.25. The van der Waals surface area contributed by atoms with Crippen molar-refractivity contribution in [2.24, 2.45) is 0 Å². The first kappa shape index (κ1) is 22.4. The van der Waals surface area contributed by atoms with E-state index in [1.807, 2.05) is 36.4 Å². The summed E-state index contributed by atoms with van der Waals surface area (Å²) in [7, 11) is 0. The Balaban J connectivity index is 2.18. The third-order valence-electron chi connectivity index (χ3n) is 4.19. The van der Waals surface area contributed by atoms with Crippen LogP contribution in [0.15, 0.2) is 48.5 Å². The summed E-state index contributed by atoms with van der Waals surface area (Å²) in [5, 5.41) is 21.6. The Kier molecular flexibility index (Phi) is 8.18. The second-order valence-corrected chi connectivity index (χ2v) is 6.77. The molecule has 0 aliphatic heterocycles. The van der Waals surface area contributed by atoms with Crippen LogP contribution in [0.25, 0.3) is 11.1 Å². The molecule has 2 aromatic rings. The summed E-state index contributed by atoms with van der Waals surface area (Å²) in [6, 6.07) is 14.1. The lowest BCUT2D eigenvalue weighted by molar-refractivity contribution is -0.155. The van der Waals surface area contributed by atoms with Gasteiger partial charge in [0.2, 0.25) is 0 Å². The number of rotatable bonds is 8. The van der Waals surface area contributed by atoms with Gasteiger partial charge in [0.1, 0.15) is 0 Å². The number of halogens is 1. The van der Waals surface area contributed by atoms with E-state index >= 15 is 0 Å². The van der Waals surface area contributed by atoms with Gasteiger partial charge in [-0.25, -0.2) is 9.59 Å². The fourth-order valence-corrected chi connectivity index (χ4v) is 3.14. The Morgan fingerprint density at radius 3 is 2.41 bits per heavy atom. The van der Waals surface area contributed by atoms with Crippen molar-refractivity contribution < 1.29 is 29.3 Å². The number of benzene rings is 2. The van der Waals surface area contributed by atoms with Crippen molar-refractivity contribution in [1.29, 1.82) is 0 Å². The molecule has 2 aromatic carbocycles. The topological polar surface area (TPSA) is 113 Å². The maximum atomic E-state index is 12.0. The highest BCUT2D eigenvalue weighted by Crippen LogP contribution is 2.29. The number of nitrogens with one attached hydrogen (secondary N) is 1. The number of carboxylic acids is 1. The largest absolute Gasteiger partial charge is 0.479 e. The van der Waals surface area contributed by atoms with Gasteiger partial charge in [-0.05, 0) is 30.5 Å². The van der Waals surface area contributed by atoms with Gasteiger partial charge in [-0.15, -0.1) is 0 Å². The first-order chi connectivity index (χ1) is 13.8. The van der Waals surface area contributed by atoms with Gasteiger partial charge in [0.15, 0.2) is 6.10 Å². The number of hydrogen-bond acceptors (Lipinski definition) is 5.